The van der Waals surface area contributed by atoms with Crippen molar-refractivity contribution in [2.75, 3.05) is 10.6 Å². The van der Waals surface area contributed by atoms with Gasteiger partial charge in [-0.25, -0.2) is 9.07 Å². The SMILES string of the molecule is O=C(CC1Cn2nccc2NC1=O)Nc1ccc(F)cc1. The van der Waals surface area contributed by atoms with Crippen LogP contribution in [-0.2, 0) is 16.1 Å². The molecular weight excluding hydrogens is 275 g/mol. The van der Waals surface area contributed by atoms with Gasteiger partial charge in [-0.05, 0) is 24.3 Å². The van der Waals surface area contributed by atoms with Crippen molar-refractivity contribution in [3.63, 3.8) is 0 Å². The molecule has 0 spiro atoms. The lowest BCUT2D eigenvalue weighted by molar-refractivity contribution is -0.125. The van der Waals surface area contributed by atoms with E-state index in [0.29, 0.717) is 18.1 Å². The van der Waals surface area contributed by atoms with E-state index in [4.69, 9.17) is 0 Å². The second kappa shape index (κ2) is 5.35. The second-order valence-electron chi connectivity index (χ2n) is 4.84. The summed E-state index contributed by atoms with van der Waals surface area (Å²) in [7, 11) is 0. The van der Waals surface area contributed by atoms with Gasteiger partial charge in [0, 0.05) is 18.2 Å². The Morgan fingerprint density at radius 2 is 2.14 bits per heavy atom. The number of carbonyl (C=O) groups excluding carboxylic acids is 2. The van der Waals surface area contributed by atoms with Crippen molar-refractivity contribution in [1.29, 1.82) is 0 Å². The molecule has 2 amide bonds. The van der Waals surface area contributed by atoms with E-state index in [9.17, 15) is 14.0 Å². The van der Waals surface area contributed by atoms with E-state index in [-0.39, 0.29) is 24.1 Å². The quantitative estimate of drug-likeness (QED) is 0.901. The van der Waals surface area contributed by atoms with Crippen LogP contribution in [0.4, 0.5) is 15.9 Å². The number of anilines is 2. The minimum atomic E-state index is -0.474. The zero-order valence-corrected chi connectivity index (χ0v) is 11.0. The lowest BCUT2D eigenvalue weighted by atomic mass is 10.0. The third kappa shape index (κ3) is 2.91. The summed E-state index contributed by atoms with van der Waals surface area (Å²) in [5.74, 6) is -0.700. The average molecular weight is 288 g/mol. The van der Waals surface area contributed by atoms with Gasteiger partial charge in [-0.15, -0.1) is 0 Å². The molecule has 2 heterocycles. The fourth-order valence-electron chi connectivity index (χ4n) is 2.23. The number of nitrogens with one attached hydrogen (secondary N) is 2. The Bertz CT molecular complexity index is 681. The number of benzene rings is 1. The summed E-state index contributed by atoms with van der Waals surface area (Å²) < 4.78 is 14.4. The molecule has 0 saturated heterocycles. The van der Waals surface area contributed by atoms with Crippen molar-refractivity contribution >= 4 is 23.3 Å². The first kappa shape index (κ1) is 13.3. The van der Waals surface area contributed by atoms with Crippen LogP contribution in [0.2, 0.25) is 0 Å². The van der Waals surface area contributed by atoms with Crippen LogP contribution in [0.3, 0.4) is 0 Å². The van der Waals surface area contributed by atoms with Gasteiger partial charge in [0.05, 0.1) is 18.7 Å². The van der Waals surface area contributed by atoms with Crippen LogP contribution in [0.1, 0.15) is 6.42 Å². The van der Waals surface area contributed by atoms with Gasteiger partial charge in [-0.1, -0.05) is 0 Å². The molecule has 0 aliphatic carbocycles. The van der Waals surface area contributed by atoms with Crippen molar-refractivity contribution in [1.82, 2.24) is 9.78 Å². The van der Waals surface area contributed by atoms with Crippen molar-refractivity contribution in [2.24, 2.45) is 5.92 Å². The molecule has 2 N–H and O–H groups in total. The van der Waals surface area contributed by atoms with Gasteiger partial charge < -0.3 is 10.6 Å². The smallest absolute Gasteiger partial charge is 0.231 e. The summed E-state index contributed by atoms with van der Waals surface area (Å²) in [6, 6.07) is 7.17. The number of hydrogen-bond acceptors (Lipinski definition) is 3. The number of aromatic nitrogens is 2. The normalized spacial score (nSPS) is 17.0. The number of rotatable bonds is 3. The van der Waals surface area contributed by atoms with Crippen molar-refractivity contribution in [2.45, 2.75) is 13.0 Å². The molecule has 1 unspecified atom stereocenters. The van der Waals surface area contributed by atoms with Gasteiger partial charge in [-0.2, -0.15) is 5.10 Å². The van der Waals surface area contributed by atoms with Crippen molar-refractivity contribution in [3.05, 3.63) is 42.3 Å². The molecule has 1 aromatic heterocycles. The highest BCUT2D eigenvalue weighted by Crippen LogP contribution is 2.20. The van der Waals surface area contributed by atoms with Gasteiger partial charge in [0.1, 0.15) is 11.6 Å². The average Bonchev–Trinajstić information content (AvgIpc) is 2.89. The maximum atomic E-state index is 12.8. The van der Waals surface area contributed by atoms with E-state index in [1.165, 1.54) is 24.3 Å². The van der Waals surface area contributed by atoms with Crippen molar-refractivity contribution in [3.8, 4) is 0 Å². The van der Waals surface area contributed by atoms with Gasteiger partial charge in [0.15, 0.2) is 0 Å². The molecule has 3 rings (SSSR count). The number of fused-ring (bicyclic) bond motifs is 1. The van der Waals surface area contributed by atoms with Crippen LogP contribution in [0.15, 0.2) is 36.5 Å². The van der Waals surface area contributed by atoms with Gasteiger partial charge in [0.25, 0.3) is 0 Å². The molecule has 1 aliphatic heterocycles. The summed E-state index contributed by atoms with van der Waals surface area (Å²) in [6.07, 6.45) is 1.64. The highest BCUT2D eigenvalue weighted by Gasteiger charge is 2.28. The molecule has 1 atom stereocenters. The highest BCUT2D eigenvalue weighted by molar-refractivity contribution is 5.98. The third-order valence-electron chi connectivity index (χ3n) is 3.29. The number of hydrogen-bond donors (Lipinski definition) is 2. The molecule has 7 heteroatoms. The molecule has 108 valence electrons. The molecule has 0 fully saturated rings. The molecule has 1 aliphatic rings. The van der Waals surface area contributed by atoms with Gasteiger partial charge in [0.2, 0.25) is 11.8 Å². The first-order valence-corrected chi connectivity index (χ1v) is 6.50. The Kier molecular flexibility index (Phi) is 3.39. The standard InChI is InChI=1S/C14H13FN4O2/c15-10-1-3-11(4-2-10)17-13(20)7-9-8-19-12(5-6-16-19)18-14(9)21/h1-6,9H,7-8H2,(H,17,20)(H,18,21). The van der Waals surface area contributed by atoms with E-state index in [2.05, 4.69) is 15.7 Å². The molecule has 0 saturated carbocycles. The maximum absolute atomic E-state index is 12.8. The summed E-state index contributed by atoms with van der Waals surface area (Å²) in [6.45, 7) is 0.366. The van der Waals surface area contributed by atoms with E-state index >= 15 is 0 Å². The minimum absolute atomic E-state index is 0.0442. The first-order chi connectivity index (χ1) is 10.1. The minimum Gasteiger partial charge on any atom is -0.326 e. The lowest BCUT2D eigenvalue weighted by Gasteiger charge is -2.22. The van der Waals surface area contributed by atoms with Gasteiger partial charge >= 0.3 is 0 Å². The zero-order valence-electron chi connectivity index (χ0n) is 11.0. The van der Waals surface area contributed by atoms with E-state index in [1.54, 1.807) is 16.9 Å². The predicted molar refractivity (Wildman–Crippen MR) is 74.0 cm³/mol. The Labute approximate surface area is 120 Å². The molecule has 2 aromatic rings. The first-order valence-electron chi connectivity index (χ1n) is 6.50. The Balaban J connectivity index is 1.62. The van der Waals surface area contributed by atoms with Crippen LogP contribution >= 0.6 is 0 Å². The molecule has 6 nitrogen and oxygen atoms in total. The molecule has 0 radical (unpaired) electrons. The van der Waals surface area contributed by atoms with Crippen LogP contribution in [0.25, 0.3) is 0 Å². The topological polar surface area (TPSA) is 76.0 Å². The summed E-state index contributed by atoms with van der Waals surface area (Å²) >= 11 is 0. The Morgan fingerprint density at radius 3 is 2.90 bits per heavy atom. The zero-order chi connectivity index (χ0) is 14.8. The van der Waals surface area contributed by atoms with Crippen molar-refractivity contribution < 1.29 is 14.0 Å². The largest absolute Gasteiger partial charge is 0.326 e. The van der Waals surface area contributed by atoms with Crippen LogP contribution < -0.4 is 10.6 Å². The summed E-state index contributed by atoms with van der Waals surface area (Å²) in [5.41, 5.74) is 0.498. The van der Waals surface area contributed by atoms with E-state index < -0.39 is 5.92 Å². The summed E-state index contributed by atoms with van der Waals surface area (Å²) in [5, 5.41) is 9.41. The van der Waals surface area contributed by atoms with Crippen LogP contribution in [0, 0.1) is 11.7 Å². The third-order valence-corrected chi connectivity index (χ3v) is 3.29. The lowest BCUT2D eigenvalue weighted by Crippen LogP contribution is -2.35. The fraction of sp³-hybridized carbons (Fsp3) is 0.214. The Morgan fingerprint density at radius 1 is 1.38 bits per heavy atom. The number of nitrogens with zero attached hydrogens (tertiary/aromatic N) is 2. The molecule has 0 bridgehead atoms. The number of amides is 2. The number of carbonyl (C=O) groups is 2. The van der Waals surface area contributed by atoms with E-state index in [0.717, 1.165) is 0 Å². The van der Waals surface area contributed by atoms with Gasteiger partial charge in [-0.3, -0.25) is 9.59 Å². The second-order valence-corrected chi connectivity index (χ2v) is 4.84. The fourth-order valence-corrected chi connectivity index (χ4v) is 2.23. The summed E-state index contributed by atoms with van der Waals surface area (Å²) in [4.78, 5) is 23.9. The monoisotopic (exact) mass is 288 g/mol. The molecule has 21 heavy (non-hydrogen) atoms. The Hall–Kier alpha value is -2.70. The molecular formula is C14H13FN4O2. The number of halogens is 1. The van der Waals surface area contributed by atoms with Crippen LogP contribution in [0.5, 0.6) is 0 Å². The van der Waals surface area contributed by atoms with Crippen LogP contribution in [-0.4, -0.2) is 21.6 Å². The molecule has 1 aromatic carbocycles. The predicted octanol–water partition coefficient (Wildman–Crippen LogP) is 1.62. The van der Waals surface area contributed by atoms with E-state index in [1.807, 2.05) is 0 Å². The maximum Gasteiger partial charge on any atom is 0.231 e. The highest BCUT2D eigenvalue weighted by atomic mass is 19.1.